The van der Waals surface area contributed by atoms with Gasteiger partial charge < -0.3 is 44.8 Å². The van der Waals surface area contributed by atoms with Gasteiger partial charge in [0.25, 0.3) is 0 Å². The van der Waals surface area contributed by atoms with Crippen molar-refractivity contribution in [3.63, 3.8) is 0 Å². The van der Waals surface area contributed by atoms with Crippen molar-refractivity contribution >= 4 is 0 Å². The lowest BCUT2D eigenvalue weighted by molar-refractivity contribution is -0.297. The smallest absolute Gasteiger partial charge is 0.206 e. The topological polar surface area (TPSA) is 149 Å². The van der Waals surface area contributed by atoms with E-state index in [9.17, 15) is 30.6 Å². The maximum atomic E-state index is 9.99. The average Bonchev–Trinajstić information content (AvgIpc) is 2.97. The van der Waals surface area contributed by atoms with Gasteiger partial charge in [0.2, 0.25) is 6.29 Å². The number of aliphatic hydroxyl groups excluding tert-OH is 6. The summed E-state index contributed by atoms with van der Waals surface area (Å²) in [5.74, 6) is -0.683. The normalized spacial score (nSPS) is 47.9. The monoisotopic (exact) mass is 346 g/mol. The van der Waals surface area contributed by atoms with Crippen molar-refractivity contribution in [3.05, 3.63) is 24.0 Å². The van der Waals surface area contributed by atoms with Gasteiger partial charge in [-0.1, -0.05) is 12.2 Å². The van der Waals surface area contributed by atoms with E-state index in [0.29, 0.717) is 5.57 Å². The van der Waals surface area contributed by atoms with E-state index >= 15 is 0 Å². The highest BCUT2D eigenvalue weighted by Crippen LogP contribution is 2.39. The quantitative estimate of drug-likeness (QED) is 0.297. The highest BCUT2D eigenvalue weighted by Gasteiger charge is 2.45. The van der Waals surface area contributed by atoms with Crippen LogP contribution in [0.15, 0.2) is 24.0 Å². The summed E-state index contributed by atoms with van der Waals surface area (Å²) in [5, 5.41) is 57.8. The van der Waals surface area contributed by atoms with Crippen LogP contribution in [0.5, 0.6) is 0 Å². The van der Waals surface area contributed by atoms with E-state index in [1.54, 1.807) is 12.2 Å². The Morgan fingerprint density at radius 1 is 1.00 bits per heavy atom. The Kier molecular flexibility index (Phi) is 5.23. The Hall–Kier alpha value is -1.04. The van der Waals surface area contributed by atoms with Gasteiger partial charge >= 0.3 is 0 Å². The first-order valence-corrected chi connectivity index (χ1v) is 7.75. The van der Waals surface area contributed by atoms with Crippen LogP contribution in [0.2, 0.25) is 0 Å². The van der Waals surface area contributed by atoms with E-state index < -0.39 is 43.1 Å². The molecule has 0 radical (unpaired) electrons. The van der Waals surface area contributed by atoms with Crippen LogP contribution in [0.1, 0.15) is 0 Å². The molecule has 0 aromatic rings. The van der Waals surface area contributed by atoms with Crippen LogP contribution >= 0.6 is 0 Å². The standard InChI is InChI=1S/C15H22O9/c16-3-6-4-22-15(7-1-2-8(17)10(6)7)23-5-9-11(18)12(19)13(20)14(21)24-9/h1-2,4,7-21H,3,5H2. The van der Waals surface area contributed by atoms with Crippen molar-refractivity contribution in [2.75, 3.05) is 13.2 Å². The van der Waals surface area contributed by atoms with Gasteiger partial charge in [-0.3, -0.25) is 0 Å². The summed E-state index contributed by atoms with van der Waals surface area (Å²) in [7, 11) is 0. The molecule has 0 aromatic heterocycles. The average molecular weight is 346 g/mol. The minimum atomic E-state index is -1.63. The maximum Gasteiger partial charge on any atom is 0.206 e. The predicted molar refractivity (Wildman–Crippen MR) is 77.0 cm³/mol. The number of rotatable bonds is 4. The zero-order chi connectivity index (χ0) is 17.4. The van der Waals surface area contributed by atoms with Crippen LogP contribution in [-0.2, 0) is 14.2 Å². The SMILES string of the molecule is OCC1=COC(OCC2OC(O)C(O)C(O)C2O)C2C=CC(O)C12. The molecule has 3 aliphatic rings. The Balaban J connectivity index is 1.63. The molecule has 9 unspecified atom stereocenters. The van der Waals surface area contributed by atoms with Crippen LogP contribution in [0.4, 0.5) is 0 Å². The lowest BCUT2D eigenvalue weighted by Gasteiger charge is -2.39. The number of hydrogen-bond donors (Lipinski definition) is 6. The Morgan fingerprint density at radius 3 is 2.46 bits per heavy atom. The van der Waals surface area contributed by atoms with Gasteiger partial charge in [-0.05, 0) is 5.57 Å². The molecular weight excluding hydrogens is 324 g/mol. The first kappa shape index (κ1) is 17.8. The van der Waals surface area contributed by atoms with Crippen LogP contribution in [0.3, 0.4) is 0 Å². The molecule has 0 aromatic carbocycles. The van der Waals surface area contributed by atoms with E-state index in [-0.39, 0.29) is 25.0 Å². The van der Waals surface area contributed by atoms with Gasteiger partial charge in [0.15, 0.2) is 6.29 Å². The first-order chi connectivity index (χ1) is 11.4. The molecule has 3 rings (SSSR count). The number of hydrogen-bond acceptors (Lipinski definition) is 9. The molecule has 6 N–H and O–H groups in total. The molecule has 24 heavy (non-hydrogen) atoms. The fourth-order valence-corrected chi connectivity index (χ4v) is 3.31. The Labute approximate surface area is 138 Å². The molecule has 0 saturated carbocycles. The van der Waals surface area contributed by atoms with E-state index in [2.05, 4.69) is 0 Å². The summed E-state index contributed by atoms with van der Waals surface area (Å²) in [6.07, 6.45) is -4.15. The zero-order valence-electron chi connectivity index (χ0n) is 12.8. The highest BCUT2D eigenvalue weighted by molar-refractivity contribution is 5.23. The highest BCUT2D eigenvalue weighted by atomic mass is 16.7. The molecule has 1 saturated heterocycles. The Bertz CT molecular complexity index is 507. The van der Waals surface area contributed by atoms with E-state index in [1.165, 1.54) is 6.26 Å². The Morgan fingerprint density at radius 2 is 1.75 bits per heavy atom. The molecule has 9 nitrogen and oxygen atoms in total. The van der Waals surface area contributed by atoms with Gasteiger partial charge in [-0.2, -0.15) is 0 Å². The first-order valence-electron chi connectivity index (χ1n) is 7.75. The molecule has 2 aliphatic heterocycles. The second-order valence-corrected chi connectivity index (χ2v) is 6.20. The summed E-state index contributed by atoms with van der Waals surface area (Å²) < 4.78 is 16.0. The second-order valence-electron chi connectivity index (χ2n) is 6.20. The molecule has 2 heterocycles. The molecule has 1 fully saturated rings. The molecule has 136 valence electrons. The third-order valence-electron chi connectivity index (χ3n) is 4.70. The lowest BCUT2D eigenvalue weighted by Crippen LogP contribution is -2.59. The number of aliphatic hydroxyl groups is 6. The molecule has 9 heteroatoms. The van der Waals surface area contributed by atoms with Gasteiger partial charge in [0, 0.05) is 11.8 Å². The van der Waals surface area contributed by atoms with Crippen molar-refractivity contribution in [2.24, 2.45) is 11.8 Å². The second kappa shape index (κ2) is 7.06. The van der Waals surface area contributed by atoms with Gasteiger partial charge in [-0.15, -0.1) is 0 Å². The minimum Gasteiger partial charge on any atom is -0.472 e. The summed E-state index contributed by atoms with van der Waals surface area (Å²) in [6, 6.07) is 0. The zero-order valence-corrected chi connectivity index (χ0v) is 12.8. The molecular formula is C15H22O9. The molecule has 0 amide bonds. The largest absolute Gasteiger partial charge is 0.472 e. The summed E-state index contributed by atoms with van der Waals surface area (Å²) in [4.78, 5) is 0. The summed E-state index contributed by atoms with van der Waals surface area (Å²) in [5.41, 5.74) is 0.556. The lowest BCUT2D eigenvalue weighted by atomic mass is 9.85. The van der Waals surface area contributed by atoms with Crippen LogP contribution < -0.4 is 0 Å². The molecule has 0 bridgehead atoms. The minimum absolute atomic E-state index is 0.206. The molecule has 1 aliphatic carbocycles. The van der Waals surface area contributed by atoms with E-state index in [0.717, 1.165) is 0 Å². The van der Waals surface area contributed by atoms with Crippen molar-refractivity contribution < 1.29 is 44.8 Å². The predicted octanol–water partition coefficient (Wildman–Crippen LogP) is -2.80. The van der Waals surface area contributed by atoms with E-state index in [4.69, 9.17) is 14.2 Å². The van der Waals surface area contributed by atoms with Gasteiger partial charge in [0.05, 0.1) is 25.6 Å². The van der Waals surface area contributed by atoms with Crippen molar-refractivity contribution in [3.8, 4) is 0 Å². The van der Waals surface area contributed by atoms with Crippen molar-refractivity contribution in [1.29, 1.82) is 0 Å². The third-order valence-corrected chi connectivity index (χ3v) is 4.70. The summed E-state index contributed by atoms with van der Waals surface area (Å²) >= 11 is 0. The fraction of sp³-hybridized carbons (Fsp3) is 0.733. The third kappa shape index (κ3) is 3.09. The van der Waals surface area contributed by atoms with Gasteiger partial charge in [-0.25, -0.2) is 0 Å². The van der Waals surface area contributed by atoms with Crippen LogP contribution in [0.25, 0.3) is 0 Å². The van der Waals surface area contributed by atoms with Crippen molar-refractivity contribution in [2.45, 2.75) is 43.1 Å². The van der Waals surface area contributed by atoms with Gasteiger partial charge in [0.1, 0.15) is 24.4 Å². The summed E-state index contributed by atoms with van der Waals surface area (Å²) in [6.45, 7) is -0.449. The number of fused-ring (bicyclic) bond motifs is 1. The molecule has 9 atom stereocenters. The van der Waals surface area contributed by atoms with E-state index in [1.807, 2.05) is 0 Å². The molecule has 0 spiro atoms. The number of ether oxygens (including phenoxy) is 3. The fourth-order valence-electron chi connectivity index (χ4n) is 3.31. The van der Waals surface area contributed by atoms with Crippen LogP contribution in [-0.4, -0.2) is 87.0 Å². The van der Waals surface area contributed by atoms with Crippen LogP contribution in [0, 0.1) is 11.8 Å². The maximum absolute atomic E-state index is 9.99. The van der Waals surface area contributed by atoms with Crippen molar-refractivity contribution in [1.82, 2.24) is 0 Å².